The summed E-state index contributed by atoms with van der Waals surface area (Å²) < 4.78 is 5.91. The Balaban J connectivity index is 1.98. The Morgan fingerprint density at radius 3 is 2.58 bits per heavy atom. The number of aliphatic hydroxyl groups is 1. The largest absolute Gasteiger partial charge is 0.490 e. The quantitative estimate of drug-likeness (QED) is 0.671. The predicted molar refractivity (Wildman–Crippen MR) is 71.3 cm³/mol. The first-order chi connectivity index (χ1) is 9.10. The second-order valence-electron chi connectivity index (χ2n) is 5.15. The molecule has 1 N–H and O–H groups in total. The summed E-state index contributed by atoms with van der Waals surface area (Å²) in [4.78, 5) is 10.3. The Morgan fingerprint density at radius 2 is 2.05 bits per heavy atom. The first kappa shape index (κ1) is 13.8. The molecule has 0 aromatic heterocycles. The second-order valence-corrected chi connectivity index (χ2v) is 5.15. The monoisotopic (exact) mass is 265 g/mol. The van der Waals surface area contributed by atoms with Crippen molar-refractivity contribution < 1.29 is 14.8 Å². The normalized spacial score (nSPS) is 23.1. The molecule has 0 heterocycles. The zero-order valence-electron chi connectivity index (χ0n) is 11.0. The van der Waals surface area contributed by atoms with Gasteiger partial charge in [-0.15, -0.1) is 0 Å². The fourth-order valence-electron chi connectivity index (χ4n) is 2.49. The minimum Gasteiger partial charge on any atom is -0.490 e. The van der Waals surface area contributed by atoms with Crippen LogP contribution in [0.25, 0.3) is 0 Å². The van der Waals surface area contributed by atoms with Gasteiger partial charge in [-0.2, -0.15) is 0 Å². The molecule has 1 aromatic carbocycles. The van der Waals surface area contributed by atoms with E-state index in [0.717, 1.165) is 37.0 Å². The zero-order chi connectivity index (χ0) is 13.8. The number of nitro groups is 1. The van der Waals surface area contributed by atoms with Crippen molar-refractivity contribution in [2.75, 3.05) is 6.61 Å². The topological polar surface area (TPSA) is 72.6 Å². The summed E-state index contributed by atoms with van der Waals surface area (Å²) in [5, 5.41) is 19.8. The molecule has 1 saturated carbocycles. The minimum atomic E-state index is -0.400. The summed E-state index contributed by atoms with van der Waals surface area (Å²) in [6, 6.07) is 4.68. The third kappa shape index (κ3) is 3.44. The Hall–Kier alpha value is -1.62. The maximum atomic E-state index is 10.7. The highest BCUT2D eigenvalue weighted by atomic mass is 16.6. The summed E-state index contributed by atoms with van der Waals surface area (Å²) in [5.41, 5.74) is 0.882. The van der Waals surface area contributed by atoms with Crippen molar-refractivity contribution in [1.82, 2.24) is 0 Å². The molecule has 104 valence electrons. The maximum absolute atomic E-state index is 10.7. The van der Waals surface area contributed by atoms with E-state index in [2.05, 4.69) is 0 Å². The van der Waals surface area contributed by atoms with E-state index in [1.807, 2.05) is 6.92 Å². The van der Waals surface area contributed by atoms with Crippen LogP contribution in [-0.4, -0.2) is 22.7 Å². The van der Waals surface area contributed by atoms with Crippen molar-refractivity contribution in [3.05, 3.63) is 33.9 Å². The van der Waals surface area contributed by atoms with Crippen molar-refractivity contribution in [2.45, 2.75) is 38.7 Å². The van der Waals surface area contributed by atoms with Gasteiger partial charge in [0.2, 0.25) is 0 Å². The molecule has 0 aliphatic heterocycles. The number of aliphatic hydroxyl groups excluding tert-OH is 1. The zero-order valence-corrected chi connectivity index (χ0v) is 11.0. The molecule has 0 unspecified atom stereocenters. The molecule has 0 spiro atoms. The fraction of sp³-hybridized carbons (Fsp3) is 0.571. The van der Waals surface area contributed by atoms with Gasteiger partial charge in [0.15, 0.2) is 0 Å². The van der Waals surface area contributed by atoms with Gasteiger partial charge in [-0.1, -0.05) is 0 Å². The Kier molecular flexibility index (Phi) is 4.37. The summed E-state index contributed by atoms with van der Waals surface area (Å²) in [6.07, 6.45) is 3.98. The first-order valence-electron chi connectivity index (χ1n) is 6.62. The van der Waals surface area contributed by atoms with E-state index in [-0.39, 0.29) is 18.4 Å². The molecule has 0 bridgehead atoms. The molecule has 1 fully saturated rings. The number of nitrogens with zero attached hydrogens (tertiary/aromatic N) is 1. The SMILES string of the molecule is Cc1cc([N+](=O)[O-])ccc1OC1CCC(CO)CC1. The van der Waals surface area contributed by atoms with Crippen molar-refractivity contribution in [2.24, 2.45) is 5.92 Å². The van der Waals surface area contributed by atoms with Crippen LogP contribution in [0.2, 0.25) is 0 Å². The van der Waals surface area contributed by atoms with Crippen LogP contribution in [0.4, 0.5) is 5.69 Å². The van der Waals surface area contributed by atoms with Gasteiger partial charge in [0.25, 0.3) is 5.69 Å². The van der Waals surface area contributed by atoms with Crippen LogP contribution in [0.5, 0.6) is 5.75 Å². The van der Waals surface area contributed by atoms with Crippen LogP contribution in [-0.2, 0) is 0 Å². The van der Waals surface area contributed by atoms with Crippen LogP contribution >= 0.6 is 0 Å². The molecular weight excluding hydrogens is 246 g/mol. The van der Waals surface area contributed by atoms with E-state index < -0.39 is 4.92 Å². The molecule has 5 heteroatoms. The van der Waals surface area contributed by atoms with Crippen molar-refractivity contribution in [3.8, 4) is 5.75 Å². The lowest BCUT2D eigenvalue weighted by Crippen LogP contribution is -2.25. The molecule has 5 nitrogen and oxygen atoms in total. The number of nitro benzene ring substituents is 1. The van der Waals surface area contributed by atoms with Gasteiger partial charge >= 0.3 is 0 Å². The maximum Gasteiger partial charge on any atom is 0.269 e. The summed E-state index contributed by atoms with van der Waals surface area (Å²) in [6.45, 7) is 2.07. The average molecular weight is 265 g/mol. The van der Waals surface area contributed by atoms with E-state index in [1.165, 1.54) is 12.1 Å². The number of hydrogen-bond donors (Lipinski definition) is 1. The molecule has 19 heavy (non-hydrogen) atoms. The van der Waals surface area contributed by atoms with E-state index >= 15 is 0 Å². The molecule has 0 amide bonds. The standard InChI is InChI=1S/C14H19NO4/c1-10-8-12(15(17)18)4-7-14(10)19-13-5-2-11(9-16)3-6-13/h4,7-8,11,13,16H,2-3,5-6,9H2,1H3. The van der Waals surface area contributed by atoms with Crippen molar-refractivity contribution in [3.63, 3.8) is 0 Å². The molecule has 1 aliphatic rings. The smallest absolute Gasteiger partial charge is 0.269 e. The Bertz CT molecular complexity index is 453. The molecule has 1 aliphatic carbocycles. The van der Waals surface area contributed by atoms with Gasteiger partial charge in [-0.25, -0.2) is 0 Å². The van der Waals surface area contributed by atoms with Gasteiger partial charge in [0.1, 0.15) is 5.75 Å². The van der Waals surface area contributed by atoms with Crippen molar-refractivity contribution in [1.29, 1.82) is 0 Å². The van der Waals surface area contributed by atoms with Crippen LogP contribution in [0.3, 0.4) is 0 Å². The van der Waals surface area contributed by atoms with Gasteiger partial charge in [-0.05, 0) is 50.2 Å². The number of ether oxygens (including phenoxy) is 1. The van der Waals surface area contributed by atoms with Crippen molar-refractivity contribution >= 4 is 5.69 Å². The second kappa shape index (κ2) is 6.02. The molecule has 1 aromatic rings. The lowest BCUT2D eigenvalue weighted by atomic mass is 9.88. The van der Waals surface area contributed by atoms with Gasteiger partial charge in [0, 0.05) is 18.7 Å². The third-order valence-corrected chi connectivity index (χ3v) is 3.71. The van der Waals surface area contributed by atoms with Crippen LogP contribution in [0.15, 0.2) is 18.2 Å². The number of benzene rings is 1. The van der Waals surface area contributed by atoms with Gasteiger partial charge in [-0.3, -0.25) is 10.1 Å². The summed E-state index contributed by atoms with van der Waals surface area (Å²) >= 11 is 0. The minimum absolute atomic E-state index is 0.0915. The first-order valence-corrected chi connectivity index (χ1v) is 6.62. The molecule has 0 radical (unpaired) electrons. The number of rotatable bonds is 4. The van der Waals surface area contributed by atoms with Crippen LogP contribution in [0, 0.1) is 23.0 Å². The summed E-state index contributed by atoms with van der Waals surface area (Å²) in [7, 11) is 0. The predicted octanol–water partition coefficient (Wildman–Crippen LogP) is 2.83. The number of hydrogen-bond acceptors (Lipinski definition) is 4. The highest BCUT2D eigenvalue weighted by Crippen LogP contribution is 2.30. The Labute approximate surface area is 112 Å². The molecule has 0 atom stereocenters. The lowest BCUT2D eigenvalue weighted by molar-refractivity contribution is -0.384. The van der Waals surface area contributed by atoms with E-state index in [0.29, 0.717) is 5.92 Å². The van der Waals surface area contributed by atoms with Gasteiger partial charge < -0.3 is 9.84 Å². The van der Waals surface area contributed by atoms with E-state index in [1.54, 1.807) is 6.07 Å². The van der Waals surface area contributed by atoms with Crippen LogP contribution < -0.4 is 4.74 Å². The highest BCUT2D eigenvalue weighted by molar-refractivity contribution is 5.43. The van der Waals surface area contributed by atoms with Gasteiger partial charge in [0.05, 0.1) is 11.0 Å². The summed E-state index contributed by atoms with van der Waals surface area (Å²) in [5.74, 6) is 1.12. The Morgan fingerprint density at radius 1 is 1.37 bits per heavy atom. The van der Waals surface area contributed by atoms with E-state index in [4.69, 9.17) is 9.84 Å². The molecule has 2 rings (SSSR count). The van der Waals surface area contributed by atoms with Crippen LogP contribution in [0.1, 0.15) is 31.2 Å². The molecule has 0 saturated heterocycles. The fourth-order valence-corrected chi connectivity index (χ4v) is 2.49. The third-order valence-electron chi connectivity index (χ3n) is 3.71. The highest BCUT2D eigenvalue weighted by Gasteiger charge is 2.22. The number of non-ortho nitro benzene ring substituents is 1. The average Bonchev–Trinajstić information content (AvgIpc) is 2.41. The van der Waals surface area contributed by atoms with E-state index in [9.17, 15) is 10.1 Å². The molecular formula is C14H19NO4. The number of aryl methyl sites for hydroxylation is 1. The lowest BCUT2D eigenvalue weighted by Gasteiger charge is -2.28.